The molecule has 1 aromatic heterocycles. The predicted molar refractivity (Wildman–Crippen MR) is 121 cm³/mol. The molecule has 0 aliphatic heterocycles. The second-order valence-electron chi connectivity index (χ2n) is 6.82. The molecule has 0 amide bonds. The Hall–Kier alpha value is -1.53. The van der Waals surface area contributed by atoms with Crippen LogP contribution in [0.3, 0.4) is 0 Å². The van der Waals surface area contributed by atoms with Crippen LogP contribution in [0.5, 0.6) is 0 Å². The average molecular weight is 504 g/mol. The van der Waals surface area contributed by atoms with E-state index in [4.69, 9.17) is 4.74 Å². The van der Waals surface area contributed by atoms with Gasteiger partial charge in [-0.2, -0.15) is 0 Å². The molecule has 28 heavy (non-hydrogen) atoms. The predicted octanol–water partition coefficient (Wildman–Crippen LogP) is 5.87. The zero-order valence-electron chi connectivity index (χ0n) is 15.9. The van der Waals surface area contributed by atoms with Gasteiger partial charge in [-0.3, -0.25) is 4.90 Å². The van der Waals surface area contributed by atoms with Crippen molar-refractivity contribution in [2.45, 2.75) is 25.6 Å². The molecule has 0 bridgehead atoms. The van der Waals surface area contributed by atoms with Gasteiger partial charge in [-0.1, -0.05) is 70.5 Å². The van der Waals surface area contributed by atoms with Crippen LogP contribution < -0.4 is 0 Å². The smallest absolute Gasteiger partial charge is 0.111 e. The number of ether oxygens (including phenoxy) is 1. The van der Waals surface area contributed by atoms with Crippen molar-refractivity contribution in [3.8, 4) is 0 Å². The number of rotatable bonds is 9. The molecule has 0 saturated carbocycles. The summed E-state index contributed by atoms with van der Waals surface area (Å²) in [6.07, 6.45) is 2.72. The molecule has 1 heterocycles. The van der Waals surface area contributed by atoms with E-state index in [-0.39, 0.29) is 6.04 Å². The Bertz CT molecular complexity index is 873. The molecule has 0 N–H and O–H groups in total. The minimum Gasteiger partial charge on any atom is -0.375 e. The molecule has 3 rings (SSSR count). The topological polar surface area (TPSA) is 25.4 Å². The lowest BCUT2D eigenvalue weighted by Gasteiger charge is -2.28. The maximum Gasteiger partial charge on any atom is 0.111 e. The molecular formula is C23H24Br2N2O. The molecule has 3 aromatic rings. The van der Waals surface area contributed by atoms with Crippen molar-refractivity contribution < 1.29 is 4.74 Å². The molecule has 0 radical (unpaired) electrons. The highest BCUT2D eigenvalue weighted by Crippen LogP contribution is 2.20. The SMILES string of the molecule is CN(Cc1ccccc1Br)C(COCc1cccnc1Br)Cc1ccccc1. The first kappa shape index (κ1) is 21.2. The summed E-state index contributed by atoms with van der Waals surface area (Å²) < 4.78 is 8.08. The summed E-state index contributed by atoms with van der Waals surface area (Å²) in [5.41, 5.74) is 3.66. The third-order valence-electron chi connectivity index (χ3n) is 4.72. The number of pyridine rings is 1. The van der Waals surface area contributed by atoms with E-state index in [0.29, 0.717) is 13.2 Å². The first-order valence-corrected chi connectivity index (χ1v) is 10.9. The van der Waals surface area contributed by atoms with Crippen LogP contribution in [0.4, 0.5) is 0 Å². The molecule has 0 aliphatic rings. The van der Waals surface area contributed by atoms with Gasteiger partial charge in [-0.25, -0.2) is 4.98 Å². The highest BCUT2D eigenvalue weighted by molar-refractivity contribution is 9.10. The normalized spacial score (nSPS) is 12.3. The van der Waals surface area contributed by atoms with Gasteiger partial charge in [-0.15, -0.1) is 0 Å². The van der Waals surface area contributed by atoms with Crippen molar-refractivity contribution in [3.63, 3.8) is 0 Å². The van der Waals surface area contributed by atoms with Crippen molar-refractivity contribution in [2.75, 3.05) is 13.7 Å². The third-order valence-corrected chi connectivity index (χ3v) is 6.21. The van der Waals surface area contributed by atoms with E-state index in [1.165, 1.54) is 11.1 Å². The van der Waals surface area contributed by atoms with Crippen molar-refractivity contribution in [2.24, 2.45) is 0 Å². The second kappa shape index (κ2) is 10.9. The molecule has 0 saturated heterocycles. The van der Waals surface area contributed by atoms with E-state index >= 15 is 0 Å². The zero-order chi connectivity index (χ0) is 19.8. The number of likely N-dealkylation sites (N-methyl/N-ethyl adjacent to an activating group) is 1. The Kier molecular flexibility index (Phi) is 8.22. The Labute approximate surface area is 184 Å². The van der Waals surface area contributed by atoms with Crippen molar-refractivity contribution >= 4 is 31.9 Å². The van der Waals surface area contributed by atoms with Crippen molar-refractivity contribution in [1.29, 1.82) is 0 Å². The summed E-state index contributed by atoms with van der Waals surface area (Å²) in [5.74, 6) is 0. The fraction of sp³-hybridized carbons (Fsp3) is 0.261. The minimum atomic E-state index is 0.268. The molecule has 146 valence electrons. The summed E-state index contributed by atoms with van der Waals surface area (Å²) in [5, 5.41) is 0. The van der Waals surface area contributed by atoms with Crippen LogP contribution in [0.15, 0.2) is 82.0 Å². The van der Waals surface area contributed by atoms with Crippen molar-refractivity contribution in [1.82, 2.24) is 9.88 Å². The minimum absolute atomic E-state index is 0.268. The lowest BCUT2D eigenvalue weighted by Crippen LogP contribution is -2.37. The highest BCUT2D eigenvalue weighted by atomic mass is 79.9. The van der Waals surface area contributed by atoms with Gasteiger partial charge in [0, 0.05) is 28.8 Å². The summed E-state index contributed by atoms with van der Waals surface area (Å²) in [6.45, 7) is 2.05. The van der Waals surface area contributed by atoms with E-state index in [2.05, 4.69) is 97.3 Å². The molecule has 3 nitrogen and oxygen atoms in total. The molecule has 2 aromatic carbocycles. The lowest BCUT2D eigenvalue weighted by atomic mass is 10.0. The van der Waals surface area contributed by atoms with Gasteiger partial charge in [0.15, 0.2) is 0 Å². The molecule has 0 spiro atoms. The standard InChI is InChI=1S/C23H24Br2N2O/c1-27(15-19-10-5-6-12-22(19)24)21(14-18-8-3-2-4-9-18)17-28-16-20-11-7-13-26-23(20)25/h2-13,21H,14-17H2,1H3. The van der Waals surface area contributed by atoms with Crippen molar-refractivity contribution in [3.05, 3.63) is 98.7 Å². The van der Waals surface area contributed by atoms with E-state index in [1.54, 1.807) is 6.20 Å². The molecule has 0 aliphatic carbocycles. The maximum atomic E-state index is 6.10. The van der Waals surface area contributed by atoms with Crippen LogP contribution in [-0.2, 0) is 24.3 Å². The number of hydrogen-bond donors (Lipinski definition) is 0. The summed E-state index contributed by atoms with van der Waals surface area (Å²) >= 11 is 7.15. The fourth-order valence-electron chi connectivity index (χ4n) is 3.08. The number of halogens is 2. The van der Waals surface area contributed by atoms with Crippen LogP contribution >= 0.6 is 31.9 Å². The third kappa shape index (κ3) is 6.24. The van der Waals surface area contributed by atoms with E-state index in [9.17, 15) is 0 Å². The first-order chi connectivity index (χ1) is 13.6. The van der Waals surface area contributed by atoms with E-state index in [0.717, 1.165) is 27.6 Å². The van der Waals surface area contributed by atoms with Crippen LogP contribution in [0.2, 0.25) is 0 Å². The fourth-order valence-corrected chi connectivity index (χ4v) is 3.86. The van der Waals surface area contributed by atoms with E-state index in [1.807, 2.05) is 18.2 Å². The van der Waals surface area contributed by atoms with Gasteiger partial charge in [0.25, 0.3) is 0 Å². The van der Waals surface area contributed by atoms with Gasteiger partial charge in [0.1, 0.15) is 4.60 Å². The average Bonchev–Trinajstić information content (AvgIpc) is 2.71. The number of hydrogen-bond acceptors (Lipinski definition) is 3. The van der Waals surface area contributed by atoms with Crippen LogP contribution in [0, 0.1) is 0 Å². The molecular weight excluding hydrogens is 480 g/mol. The van der Waals surface area contributed by atoms with Gasteiger partial charge in [-0.05, 0) is 52.7 Å². The van der Waals surface area contributed by atoms with Crippen LogP contribution in [0.25, 0.3) is 0 Å². The summed E-state index contributed by atoms with van der Waals surface area (Å²) in [7, 11) is 2.16. The number of aromatic nitrogens is 1. The Balaban J connectivity index is 1.67. The highest BCUT2D eigenvalue weighted by Gasteiger charge is 2.17. The zero-order valence-corrected chi connectivity index (χ0v) is 19.1. The van der Waals surface area contributed by atoms with Gasteiger partial charge >= 0.3 is 0 Å². The monoisotopic (exact) mass is 502 g/mol. The number of nitrogens with zero attached hydrogens (tertiary/aromatic N) is 2. The Morgan fingerprint density at radius 1 is 0.929 bits per heavy atom. The first-order valence-electron chi connectivity index (χ1n) is 9.28. The Morgan fingerprint density at radius 2 is 1.64 bits per heavy atom. The molecule has 0 fully saturated rings. The van der Waals surface area contributed by atoms with Crippen LogP contribution in [0.1, 0.15) is 16.7 Å². The van der Waals surface area contributed by atoms with Gasteiger partial charge in [0.05, 0.1) is 13.2 Å². The largest absolute Gasteiger partial charge is 0.375 e. The molecule has 1 unspecified atom stereocenters. The second-order valence-corrected chi connectivity index (χ2v) is 8.42. The van der Waals surface area contributed by atoms with E-state index < -0.39 is 0 Å². The summed E-state index contributed by atoms with van der Waals surface area (Å²) in [4.78, 5) is 6.63. The van der Waals surface area contributed by atoms with Crippen LogP contribution in [-0.4, -0.2) is 29.6 Å². The molecule has 5 heteroatoms. The quantitative estimate of drug-likeness (QED) is 0.341. The number of benzene rings is 2. The Morgan fingerprint density at radius 3 is 2.39 bits per heavy atom. The van der Waals surface area contributed by atoms with Gasteiger partial charge in [0.2, 0.25) is 0 Å². The summed E-state index contributed by atoms with van der Waals surface area (Å²) in [6, 6.07) is 23.2. The maximum absolute atomic E-state index is 6.10. The lowest BCUT2D eigenvalue weighted by molar-refractivity contribution is 0.0569. The van der Waals surface area contributed by atoms with Gasteiger partial charge < -0.3 is 4.74 Å². The molecule has 1 atom stereocenters.